The lowest BCUT2D eigenvalue weighted by atomic mass is 10.1. The zero-order valence-electron chi connectivity index (χ0n) is 12.0. The molecule has 0 bridgehead atoms. The first-order valence-corrected chi connectivity index (χ1v) is 8.07. The summed E-state index contributed by atoms with van der Waals surface area (Å²) in [6, 6.07) is 9.66. The van der Waals surface area contributed by atoms with E-state index in [1.54, 1.807) is 36.7 Å². The number of aliphatic hydroxyl groups is 1. The second kappa shape index (κ2) is 6.24. The molecule has 1 unspecified atom stereocenters. The number of sulfonamides is 1. The number of aromatic nitrogens is 1. The Bertz CT molecular complexity index is 702. The van der Waals surface area contributed by atoms with E-state index < -0.39 is 16.1 Å². The predicted octanol–water partition coefficient (Wildman–Crippen LogP) is 2.35. The Kier molecular flexibility index (Phi) is 4.59. The first-order valence-electron chi connectivity index (χ1n) is 6.63. The van der Waals surface area contributed by atoms with E-state index in [2.05, 4.69) is 4.98 Å². The summed E-state index contributed by atoms with van der Waals surface area (Å²) in [4.78, 5) is 4.04. The van der Waals surface area contributed by atoms with Gasteiger partial charge in [0.2, 0.25) is 0 Å². The summed E-state index contributed by atoms with van der Waals surface area (Å²) in [6.45, 7) is 1.84. The first kappa shape index (κ1) is 15.5. The Morgan fingerprint density at radius 3 is 2.52 bits per heavy atom. The third-order valence-corrected chi connectivity index (χ3v) is 5.10. The normalized spacial score (nSPS) is 12.9. The van der Waals surface area contributed by atoms with Crippen molar-refractivity contribution in [3.05, 3.63) is 54.4 Å². The first-order chi connectivity index (χ1) is 9.96. The van der Waals surface area contributed by atoms with Gasteiger partial charge in [0.05, 0.1) is 16.7 Å². The van der Waals surface area contributed by atoms with Crippen molar-refractivity contribution in [2.45, 2.75) is 24.3 Å². The molecule has 0 spiro atoms. The third-order valence-electron chi connectivity index (χ3n) is 3.31. The molecule has 21 heavy (non-hydrogen) atoms. The molecule has 6 heteroatoms. The highest BCUT2D eigenvalue weighted by Crippen LogP contribution is 2.24. The van der Waals surface area contributed by atoms with Crippen LogP contribution < -0.4 is 4.31 Å². The zero-order chi connectivity index (χ0) is 15.5. The van der Waals surface area contributed by atoms with E-state index in [1.807, 2.05) is 6.92 Å². The molecule has 2 rings (SSSR count). The number of nitrogens with zero attached hydrogens (tertiary/aromatic N) is 2. The SMILES string of the molecule is CCC(O)c1cccc(S(=O)(=O)N(C)c2ccncc2)c1. The largest absolute Gasteiger partial charge is 0.388 e. The van der Waals surface area contributed by atoms with E-state index in [4.69, 9.17) is 0 Å². The second-order valence-corrected chi connectivity index (χ2v) is 6.64. The van der Waals surface area contributed by atoms with E-state index in [0.29, 0.717) is 17.7 Å². The molecule has 0 fully saturated rings. The fourth-order valence-corrected chi connectivity index (χ4v) is 3.22. The third kappa shape index (κ3) is 3.22. The summed E-state index contributed by atoms with van der Waals surface area (Å²) >= 11 is 0. The molecule has 0 amide bonds. The Hall–Kier alpha value is -1.92. The maximum absolute atomic E-state index is 12.6. The van der Waals surface area contributed by atoms with Gasteiger partial charge in [-0.15, -0.1) is 0 Å². The molecule has 2 aromatic rings. The van der Waals surface area contributed by atoms with Gasteiger partial charge in [-0.2, -0.15) is 0 Å². The highest BCUT2D eigenvalue weighted by molar-refractivity contribution is 7.92. The van der Waals surface area contributed by atoms with Gasteiger partial charge in [0.15, 0.2) is 0 Å². The van der Waals surface area contributed by atoms with E-state index >= 15 is 0 Å². The number of rotatable bonds is 5. The van der Waals surface area contributed by atoms with Crippen LogP contribution in [0.1, 0.15) is 25.0 Å². The van der Waals surface area contributed by atoms with Crippen LogP contribution in [0.15, 0.2) is 53.7 Å². The minimum Gasteiger partial charge on any atom is -0.388 e. The molecule has 1 N–H and O–H groups in total. The summed E-state index contributed by atoms with van der Waals surface area (Å²) in [7, 11) is -2.17. The van der Waals surface area contributed by atoms with Crippen LogP contribution in [0.4, 0.5) is 5.69 Å². The molecule has 1 atom stereocenters. The highest BCUT2D eigenvalue weighted by atomic mass is 32.2. The van der Waals surface area contributed by atoms with Crippen molar-refractivity contribution in [2.24, 2.45) is 0 Å². The van der Waals surface area contributed by atoms with E-state index in [0.717, 1.165) is 0 Å². The molecule has 0 aliphatic heterocycles. The maximum Gasteiger partial charge on any atom is 0.264 e. The summed E-state index contributed by atoms with van der Waals surface area (Å²) in [5.41, 5.74) is 1.13. The molecule has 0 aliphatic rings. The van der Waals surface area contributed by atoms with Crippen LogP contribution in [0.3, 0.4) is 0 Å². The van der Waals surface area contributed by atoms with Crippen LogP contribution in [0.5, 0.6) is 0 Å². The number of pyridine rings is 1. The van der Waals surface area contributed by atoms with E-state index in [-0.39, 0.29) is 4.90 Å². The lowest BCUT2D eigenvalue weighted by Gasteiger charge is -2.20. The second-order valence-electron chi connectivity index (χ2n) is 4.67. The molecule has 1 aromatic carbocycles. The summed E-state index contributed by atoms with van der Waals surface area (Å²) in [5.74, 6) is 0. The standard InChI is InChI=1S/C15H18N2O3S/c1-3-15(18)12-5-4-6-14(11-12)21(19,20)17(2)13-7-9-16-10-8-13/h4-11,15,18H,3H2,1-2H3. The molecule has 0 aliphatic carbocycles. The molecule has 1 aromatic heterocycles. The summed E-state index contributed by atoms with van der Waals surface area (Å²) in [5, 5.41) is 9.86. The smallest absolute Gasteiger partial charge is 0.264 e. The highest BCUT2D eigenvalue weighted by Gasteiger charge is 2.22. The Morgan fingerprint density at radius 1 is 1.24 bits per heavy atom. The van der Waals surface area contributed by atoms with Crippen LogP contribution in [0.2, 0.25) is 0 Å². The van der Waals surface area contributed by atoms with Gasteiger partial charge < -0.3 is 5.11 Å². The fraction of sp³-hybridized carbons (Fsp3) is 0.267. The van der Waals surface area contributed by atoms with Crippen molar-refractivity contribution in [3.63, 3.8) is 0 Å². The average Bonchev–Trinajstić information content (AvgIpc) is 2.54. The number of anilines is 1. The van der Waals surface area contributed by atoms with Gasteiger partial charge in [0, 0.05) is 19.4 Å². The van der Waals surface area contributed by atoms with Gasteiger partial charge in [0.1, 0.15) is 0 Å². The summed E-state index contributed by atoms with van der Waals surface area (Å²) in [6.07, 6.45) is 2.95. The zero-order valence-corrected chi connectivity index (χ0v) is 12.8. The van der Waals surface area contributed by atoms with Gasteiger partial charge in [-0.1, -0.05) is 19.1 Å². The van der Waals surface area contributed by atoms with Crippen LogP contribution in [-0.2, 0) is 10.0 Å². The number of aliphatic hydroxyl groups excluding tert-OH is 1. The molecule has 0 saturated carbocycles. The van der Waals surface area contributed by atoms with Gasteiger partial charge in [0.25, 0.3) is 10.0 Å². The van der Waals surface area contributed by atoms with E-state index in [9.17, 15) is 13.5 Å². The van der Waals surface area contributed by atoms with Gasteiger partial charge >= 0.3 is 0 Å². The van der Waals surface area contributed by atoms with Crippen LogP contribution in [-0.4, -0.2) is 25.6 Å². The van der Waals surface area contributed by atoms with Crippen molar-refractivity contribution in [3.8, 4) is 0 Å². The molecule has 112 valence electrons. The lowest BCUT2D eigenvalue weighted by Crippen LogP contribution is -2.26. The molecular weight excluding hydrogens is 288 g/mol. The topological polar surface area (TPSA) is 70.5 Å². The number of benzene rings is 1. The number of hydrogen-bond donors (Lipinski definition) is 1. The molecule has 0 radical (unpaired) electrons. The molecule has 5 nitrogen and oxygen atoms in total. The van der Waals surface area contributed by atoms with E-state index in [1.165, 1.54) is 23.5 Å². The monoisotopic (exact) mass is 306 g/mol. The predicted molar refractivity (Wildman–Crippen MR) is 81.5 cm³/mol. The Morgan fingerprint density at radius 2 is 1.90 bits per heavy atom. The Balaban J connectivity index is 2.40. The minimum atomic E-state index is -3.66. The lowest BCUT2D eigenvalue weighted by molar-refractivity contribution is 0.173. The van der Waals surface area contributed by atoms with Gasteiger partial charge in [-0.05, 0) is 36.2 Å². The van der Waals surface area contributed by atoms with Crippen molar-refractivity contribution >= 4 is 15.7 Å². The quantitative estimate of drug-likeness (QED) is 0.920. The summed E-state index contributed by atoms with van der Waals surface area (Å²) < 4.78 is 26.4. The number of hydrogen-bond acceptors (Lipinski definition) is 4. The molecule has 1 heterocycles. The van der Waals surface area contributed by atoms with Crippen LogP contribution in [0, 0.1) is 0 Å². The van der Waals surface area contributed by atoms with Crippen molar-refractivity contribution in [2.75, 3.05) is 11.4 Å². The van der Waals surface area contributed by atoms with Gasteiger partial charge in [-0.3, -0.25) is 9.29 Å². The van der Waals surface area contributed by atoms with Crippen molar-refractivity contribution in [1.29, 1.82) is 0 Å². The maximum atomic E-state index is 12.6. The van der Waals surface area contributed by atoms with Crippen LogP contribution >= 0.6 is 0 Å². The van der Waals surface area contributed by atoms with Crippen LogP contribution in [0.25, 0.3) is 0 Å². The van der Waals surface area contributed by atoms with Crippen molar-refractivity contribution in [1.82, 2.24) is 4.98 Å². The fourth-order valence-electron chi connectivity index (χ4n) is 1.97. The van der Waals surface area contributed by atoms with Gasteiger partial charge in [-0.25, -0.2) is 8.42 Å². The minimum absolute atomic E-state index is 0.159. The molecule has 0 saturated heterocycles. The average molecular weight is 306 g/mol. The Labute approximate surface area is 124 Å². The van der Waals surface area contributed by atoms with Crippen molar-refractivity contribution < 1.29 is 13.5 Å². The molecular formula is C15H18N2O3S.